The fraction of sp³-hybridized carbons (Fsp3) is 0.429. The summed E-state index contributed by atoms with van der Waals surface area (Å²) in [5.74, 6) is 0.457. The lowest BCUT2D eigenvalue weighted by atomic mass is 10.0. The SMILES string of the molecule is CC1CC(c2cccnc2)N(C(=O)NC(CCCO)c2ccccc2)C1. The van der Waals surface area contributed by atoms with Crippen LogP contribution in [0.5, 0.6) is 0 Å². The van der Waals surface area contributed by atoms with Gasteiger partial charge < -0.3 is 15.3 Å². The van der Waals surface area contributed by atoms with Crippen LogP contribution < -0.4 is 5.32 Å². The molecule has 0 aliphatic carbocycles. The molecule has 1 aliphatic heterocycles. The van der Waals surface area contributed by atoms with Crippen molar-refractivity contribution in [3.8, 4) is 0 Å². The van der Waals surface area contributed by atoms with Crippen LogP contribution in [0.25, 0.3) is 0 Å². The number of urea groups is 1. The number of carbonyl (C=O) groups is 1. The minimum Gasteiger partial charge on any atom is -0.396 e. The number of nitrogens with one attached hydrogen (secondary N) is 1. The first-order valence-electron chi connectivity index (χ1n) is 9.32. The van der Waals surface area contributed by atoms with Crippen LogP contribution in [0.15, 0.2) is 54.9 Å². The Morgan fingerprint density at radius 1 is 1.31 bits per heavy atom. The smallest absolute Gasteiger partial charge is 0.318 e. The average Bonchev–Trinajstić information content (AvgIpc) is 3.08. The summed E-state index contributed by atoms with van der Waals surface area (Å²) in [6.07, 6.45) is 5.93. The van der Waals surface area contributed by atoms with Crippen molar-refractivity contribution in [2.24, 2.45) is 5.92 Å². The van der Waals surface area contributed by atoms with Crippen LogP contribution in [0.3, 0.4) is 0 Å². The molecule has 2 heterocycles. The molecule has 26 heavy (non-hydrogen) atoms. The molecule has 0 saturated carbocycles. The summed E-state index contributed by atoms with van der Waals surface area (Å²) in [5.41, 5.74) is 2.15. The van der Waals surface area contributed by atoms with E-state index in [1.165, 1.54) is 0 Å². The van der Waals surface area contributed by atoms with Gasteiger partial charge in [0.05, 0.1) is 12.1 Å². The number of aliphatic hydroxyl groups is 1. The van der Waals surface area contributed by atoms with Gasteiger partial charge in [-0.25, -0.2) is 4.79 Å². The van der Waals surface area contributed by atoms with E-state index in [0.29, 0.717) is 18.8 Å². The second-order valence-corrected chi connectivity index (χ2v) is 7.07. The predicted octanol–water partition coefficient (Wildman–Crippen LogP) is 3.69. The second-order valence-electron chi connectivity index (χ2n) is 7.07. The maximum Gasteiger partial charge on any atom is 0.318 e. The molecule has 1 aromatic carbocycles. The maximum absolute atomic E-state index is 13.1. The van der Waals surface area contributed by atoms with Gasteiger partial charge in [-0.3, -0.25) is 4.98 Å². The molecule has 5 nitrogen and oxygen atoms in total. The number of aromatic nitrogens is 1. The Balaban J connectivity index is 1.75. The van der Waals surface area contributed by atoms with Crippen molar-refractivity contribution in [1.29, 1.82) is 0 Å². The molecule has 2 N–H and O–H groups in total. The highest BCUT2D eigenvalue weighted by molar-refractivity contribution is 5.75. The van der Waals surface area contributed by atoms with Gasteiger partial charge >= 0.3 is 6.03 Å². The average molecular weight is 353 g/mol. The molecule has 1 aromatic heterocycles. The number of rotatable bonds is 6. The number of pyridine rings is 1. The van der Waals surface area contributed by atoms with Gasteiger partial charge in [-0.05, 0) is 42.4 Å². The van der Waals surface area contributed by atoms with Gasteiger partial charge in [0.15, 0.2) is 0 Å². The van der Waals surface area contributed by atoms with E-state index < -0.39 is 0 Å². The van der Waals surface area contributed by atoms with Gasteiger partial charge in [-0.1, -0.05) is 43.3 Å². The van der Waals surface area contributed by atoms with E-state index >= 15 is 0 Å². The molecular formula is C21H27N3O2. The molecular weight excluding hydrogens is 326 g/mol. The van der Waals surface area contributed by atoms with Gasteiger partial charge in [0.1, 0.15) is 0 Å². The molecule has 0 bridgehead atoms. The number of likely N-dealkylation sites (tertiary alicyclic amines) is 1. The van der Waals surface area contributed by atoms with Gasteiger partial charge in [-0.15, -0.1) is 0 Å². The van der Waals surface area contributed by atoms with Crippen LogP contribution in [0.4, 0.5) is 4.79 Å². The molecule has 2 amide bonds. The van der Waals surface area contributed by atoms with Crippen LogP contribution in [0.1, 0.15) is 49.4 Å². The molecule has 138 valence electrons. The largest absolute Gasteiger partial charge is 0.396 e. The standard InChI is InChI=1S/C21H27N3O2/c1-16-13-20(18-9-5-11-22-14-18)24(15-16)21(26)23-19(10-6-12-25)17-7-3-2-4-8-17/h2-5,7-9,11,14,16,19-20,25H,6,10,12-13,15H2,1H3,(H,23,26). The van der Waals surface area contributed by atoms with E-state index in [0.717, 1.165) is 24.1 Å². The van der Waals surface area contributed by atoms with Crippen molar-refractivity contribution in [3.05, 3.63) is 66.0 Å². The second kappa shape index (κ2) is 8.81. The van der Waals surface area contributed by atoms with Crippen molar-refractivity contribution >= 4 is 6.03 Å². The summed E-state index contributed by atoms with van der Waals surface area (Å²) >= 11 is 0. The highest BCUT2D eigenvalue weighted by Crippen LogP contribution is 2.35. The summed E-state index contributed by atoms with van der Waals surface area (Å²) < 4.78 is 0. The monoisotopic (exact) mass is 353 g/mol. The molecule has 3 rings (SSSR count). The quantitative estimate of drug-likeness (QED) is 0.832. The number of carbonyl (C=O) groups excluding carboxylic acids is 1. The summed E-state index contributed by atoms with van der Waals surface area (Å²) in [5, 5.41) is 12.4. The van der Waals surface area contributed by atoms with E-state index in [4.69, 9.17) is 0 Å². The molecule has 0 radical (unpaired) electrons. The zero-order chi connectivity index (χ0) is 18.4. The van der Waals surface area contributed by atoms with Crippen molar-refractivity contribution in [2.75, 3.05) is 13.2 Å². The zero-order valence-corrected chi connectivity index (χ0v) is 15.2. The Bertz CT molecular complexity index is 693. The third-order valence-corrected chi connectivity index (χ3v) is 4.99. The number of amides is 2. The third kappa shape index (κ3) is 4.41. The van der Waals surface area contributed by atoms with Crippen LogP contribution in [0, 0.1) is 5.92 Å². The van der Waals surface area contributed by atoms with Crippen LogP contribution in [-0.2, 0) is 0 Å². The van der Waals surface area contributed by atoms with Crippen molar-refractivity contribution < 1.29 is 9.90 Å². The van der Waals surface area contributed by atoms with Crippen LogP contribution in [-0.4, -0.2) is 34.2 Å². The first-order valence-corrected chi connectivity index (χ1v) is 9.32. The van der Waals surface area contributed by atoms with E-state index in [9.17, 15) is 9.90 Å². The number of aliphatic hydroxyl groups excluding tert-OH is 1. The summed E-state index contributed by atoms with van der Waals surface area (Å²) in [6.45, 7) is 3.04. The van der Waals surface area contributed by atoms with Crippen molar-refractivity contribution in [2.45, 2.75) is 38.3 Å². The minimum atomic E-state index is -0.0960. The molecule has 1 saturated heterocycles. The Hall–Kier alpha value is -2.40. The minimum absolute atomic E-state index is 0.0463. The Morgan fingerprint density at radius 2 is 2.12 bits per heavy atom. The lowest BCUT2D eigenvalue weighted by Gasteiger charge is -2.28. The van der Waals surface area contributed by atoms with Gasteiger partial charge in [0, 0.05) is 25.5 Å². The number of hydrogen-bond acceptors (Lipinski definition) is 3. The highest BCUT2D eigenvalue weighted by Gasteiger charge is 2.35. The normalized spacial score (nSPS) is 20.8. The maximum atomic E-state index is 13.1. The van der Waals surface area contributed by atoms with E-state index in [1.807, 2.05) is 53.6 Å². The molecule has 1 aliphatic rings. The molecule has 1 fully saturated rings. The zero-order valence-electron chi connectivity index (χ0n) is 15.2. The fourth-order valence-electron chi connectivity index (χ4n) is 3.69. The molecule has 3 atom stereocenters. The number of hydrogen-bond donors (Lipinski definition) is 2. The molecule has 5 heteroatoms. The van der Waals surface area contributed by atoms with E-state index in [2.05, 4.69) is 17.2 Å². The lowest BCUT2D eigenvalue weighted by molar-refractivity contribution is 0.186. The fourth-order valence-corrected chi connectivity index (χ4v) is 3.69. The Labute approximate surface area is 155 Å². The van der Waals surface area contributed by atoms with E-state index in [-0.39, 0.29) is 24.7 Å². The topological polar surface area (TPSA) is 65.5 Å². The third-order valence-electron chi connectivity index (χ3n) is 4.99. The lowest BCUT2D eigenvalue weighted by Crippen LogP contribution is -2.41. The van der Waals surface area contributed by atoms with E-state index in [1.54, 1.807) is 6.20 Å². The Kier molecular flexibility index (Phi) is 6.23. The Morgan fingerprint density at radius 3 is 2.81 bits per heavy atom. The highest BCUT2D eigenvalue weighted by atomic mass is 16.3. The molecule has 0 spiro atoms. The first kappa shape index (κ1) is 18.4. The summed E-state index contributed by atoms with van der Waals surface area (Å²) in [4.78, 5) is 19.2. The summed E-state index contributed by atoms with van der Waals surface area (Å²) in [7, 11) is 0. The van der Waals surface area contributed by atoms with Crippen LogP contribution >= 0.6 is 0 Å². The van der Waals surface area contributed by atoms with Crippen LogP contribution in [0.2, 0.25) is 0 Å². The predicted molar refractivity (Wildman–Crippen MR) is 101 cm³/mol. The van der Waals surface area contributed by atoms with Crippen molar-refractivity contribution in [1.82, 2.24) is 15.2 Å². The first-order chi connectivity index (χ1) is 12.7. The van der Waals surface area contributed by atoms with Gasteiger partial charge in [0.25, 0.3) is 0 Å². The molecule has 3 unspecified atom stereocenters. The summed E-state index contributed by atoms with van der Waals surface area (Å²) in [6, 6.07) is 13.8. The van der Waals surface area contributed by atoms with Crippen molar-refractivity contribution in [3.63, 3.8) is 0 Å². The van der Waals surface area contributed by atoms with Gasteiger partial charge in [0.2, 0.25) is 0 Å². The number of benzene rings is 1. The molecule has 2 aromatic rings. The number of nitrogens with zero attached hydrogens (tertiary/aromatic N) is 2. The van der Waals surface area contributed by atoms with Gasteiger partial charge in [-0.2, -0.15) is 0 Å².